The lowest BCUT2D eigenvalue weighted by atomic mass is 10.1. The predicted octanol–water partition coefficient (Wildman–Crippen LogP) is 3.50. The molecule has 0 aromatic heterocycles. The SMILES string of the molecule is CC1(C)C/C1=C\c1ccccc1. The summed E-state index contributed by atoms with van der Waals surface area (Å²) in [6.07, 6.45) is 3.57. The molecule has 0 heteroatoms. The first-order chi connectivity index (χ1) is 5.68. The molecule has 1 fully saturated rings. The molecule has 0 nitrogen and oxygen atoms in total. The van der Waals surface area contributed by atoms with Crippen LogP contribution in [-0.4, -0.2) is 0 Å². The van der Waals surface area contributed by atoms with Gasteiger partial charge in [-0.25, -0.2) is 0 Å². The molecular weight excluding hydrogens is 144 g/mol. The van der Waals surface area contributed by atoms with Crippen LogP contribution in [-0.2, 0) is 0 Å². The summed E-state index contributed by atoms with van der Waals surface area (Å²) in [5.74, 6) is 0. The molecule has 1 saturated carbocycles. The smallest absolute Gasteiger partial charge is 0.0104 e. The molecule has 0 N–H and O–H groups in total. The topological polar surface area (TPSA) is 0 Å². The van der Waals surface area contributed by atoms with Gasteiger partial charge in [0.15, 0.2) is 0 Å². The maximum Gasteiger partial charge on any atom is -0.0104 e. The molecule has 1 aliphatic rings. The number of benzene rings is 1. The fourth-order valence-corrected chi connectivity index (χ4v) is 1.43. The zero-order valence-electron chi connectivity index (χ0n) is 7.67. The molecule has 1 aromatic rings. The molecule has 1 aliphatic carbocycles. The van der Waals surface area contributed by atoms with E-state index < -0.39 is 0 Å². The number of hydrogen-bond donors (Lipinski definition) is 0. The molecule has 0 radical (unpaired) electrons. The maximum absolute atomic E-state index is 2.31. The fourth-order valence-electron chi connectivity index (χ4n) is 1.43. The highest BCUT2D eigenvalue weighted by molar-refractivity contribution is 5.59. The molecule has 0 spiro atoms. The van der Waals surface area contributed by atoms with Gasteiger partial charge in [-0.1, -0.05) is 55.8 Å². The van der Waals surface area contributed by atoms with Crippen molar-refractivity contribution in [3.05, 3.63) is 41.5 Å². The van der Waals surface area contributed by atoms with Crippen LogP contribution in [0.2, 0.25) is 0 Å². The van der Waals surface area contributed by atoms with E-state index in [2.05, 4.69) is 50.3 Å². The Kier molecular flexibility index (Phi) is 1.57. The fraction of sp³-hybridized carbons (Fsp3) is 0.333. The van der Waals surface area contributed by atoms with Crippen LogP contribution in [0, 0.1) is 5.41 Å². The van der Waals surface area contributed by atoms with Gasteiger partial charge in [0, 0.05) is 0 Å². The van der Waals surface area contributed by atoms with Crippen LogP contribution in [0.25, 0.3) is 6.08 Å². The van der Waals surface area contributed by atoms with E-state index in [0.717, 1.165) is 0 Å². The van der Waals surface area contributed by atoms with Crippen molar-refractivity contribution in [3.8, 4) is 0 Å². The summed E-state index contributed by atoms with van der Waals surface area (Å²) in [6.45, 7) is 4.59. The lowest BCUT2D eigenvalue weighted by molar-refractivity contribution is 0.687. The largest absolute Gasteiger partial charge is 0.0628 e. The van der Waals surface area contributed by atoms with Crippen molar-refractivity contribution in [2.75, 3.05) is 0 Å². The van der Waals surface area contributed by atoms with Crippen LogP contribution < -0.4 is 0 Å². The summed E-state index contributed by atoms with van der Waals surface area (Å²) >= 11 is 0. The van der Waals surface area contributed by atoms with Crippen molar-refractivity contribution >= 4 is 6.08 Å². The molecule has 1 aromatic carbocycles. The van der Waals surface area contributed by atoms with Gasteiger partial charge >= 0.3 is 0 Å². The highest BCUT2D eigenvalue weighted by Crippen LogP contribution is 2.51. The number of hydrogen-bond acceptors (Lipinski definition) is 0. The Morgan fingerprint density at radius 2 is 1.75 bits per heavy atom. The molecule has 2 rings (SSSR count). The third kappa shape index (κ3) is 1.42. The van der Waals surface area contributed by atoms with Crippen LogP contribution in [0.3, 0.4) is 0 Å². The molecule has 0 saturated heterocycles. The Morgan fingerprint density at radius 3 is 2.25 bits per heavy atom. The minimum atomic E-state index is 0.482. The van der Waals surface area contributed by atoms with Crippen molar-refractivity contribution in [2.45, 2.75) is 20.3 Å². The highest BCUT2D eigenvalue weighted by atomic mass is 14.4. The van der Waals surface area contributed by atoms with E-state index in [1.54, 1.807) is 5.57 Å². The average Bonchev–Trinajstić information content (AvgIpc) is 2.61. The predicted molar refractivity (Wildman–Crippen MR) is 52.8 cm³/mol. The van der Waals surface area contributed by atoms with E-state index in [4.69, 9.17) is 0 Å². The Balaban J connectivity index is 2.21. The van der Waals surface area contributed by atoms with Gasteiger partial charge in [-0.05, 0) is 17.4 Å². The monoisotopic (exact) mass is 158 g/mol. The number of allylic oxidation sites excluding steroid dienone is 1. The first-order valence-corrected chi connectivity index (χ1v) is 4.45. The third-order valence-corrected chi connectivity index (χ3v) is 2.52. The van der Waals surface area contributed by atoms with Gasteiger partial charge in [0.25, 0.3) is 0 Å². The lowest BCUT2D eigenvalue weighted by Gasteiger charge is -1.93. The van der Waals surface area contributed by atoms with E-state index in [-0.39, 0.29) is 0 Å². The van der Waals surface area contributed by atoms with Crippen molar-refractivity contribution in [1.82, 2.24) is 0 Å². The van der Waals surface area contributed by atoms with Crippen LogP contribution >= 0.6 is 0 Å². The van der Waals surface area contributed by atoms with Crippen LogP contribution in [0.1, 0.15) is 25.8 Å². The van der Waals surface area contributed by atoms with Crippen LogP contribution in [0.5, 0.6) is 0 Å². The second-order valence-corrected chi connectivity index (χ2v) is 4.14. The zero-order chi connectivity index (χ0) is 8.60. The van der Waals surface area contributed by atoms with Gasteiger partial charge in [-0.2, -0.15) is 0 Å². The average molecular weight is 158 g/mol. The second kappa shape index (κ2) is 2.48. The summed E-state index contributed by atoms with van der Waals surface area (Å²) in [4.78, 5) is 0. The van der Waals surface area contributed by atoms with Crippen molar-refractivity contribution < 1.29 is 0 Å². The minimum Gasteiger partial charge on any atom is -0.0628 e. The molecular formula is C12H14. The van der Waals surface area contributed by atoms with E-state index in [9.17, 15) is 0 Å². The Labute approximate surface area is 73.9 Å². The summed E-state index contributed by atoms with van der Waals surface area (Å²) in [5, 5.41) is 0. The molecule has 0 unspecified atom stereocenters. The molecule has 12 heavy (non-hydrogen) atoms. The van der Waals surface area contributed by atoms with E-state index in [1.807, 2.05) is 0 Å². The summed E-state index contributed by atoms with van der Waals surface area (Å²) in [6, 6.07) is 10.5. The van der Waals surface area contributed by atoms with Crippen LogP contribution in [0.4, 0.5) is 0 Å². The summed E-state index contributed by atoms with van der Waals surface area (Å²) in [7, 11) is 0. The summed E-state index contributed by atoms with van der Waals surface area (Å²) in [5.41, 5.74) is 3.39. The Hall–Kier alpha value is -1.04. The maximum atomic E-state index is 2.31. The summed E-state index contributed by atoms with van der Waals surface area (Å²) < 4.78 is 0. The zero-order valence-corrected chi connectivity index (χ0v) is 7.67. The molecule has 62 valence electrons. The van der Waals surface area contributed by atoms with Crippen molar-refractivity contribution in [2.24, 2.45) is 5.41 Å². The highest BCUT2D eigenvalue weighted by Gasteiger charge is 2.38. The van der Waals surface area contributed by atoms with Crippen LogP contribution in [0.15, 0.2) is 35.9 Å². The first-order valence-electron chi connectivity index (χ1n) is 4.45. The van der Waals surface area contributed by atoms with Gasteiger partial charge in [-0.15, -0.1) is 0 Å². The standard InChI is InChI=1S/C12H14/c1-12(2)9-11(12)8-10-6-4-3-5-7-10/h3-8H,9H2,1-2H3/b11-8+. The van der Waals surface area contributed by atoms with E-state index in [0.29, 0.717) is 5.41 Å². The quantitative estimate of drug-likeness (QED) is 0.586. The third-order valence-electron chi connectivity index (χ3n) is 2.52. The van der Waals surface area contributed by atoms with Gasteiger partial charge < -0.3 is 0 Å². The van der Waals surface area contributed by atoms with Gasteiger partial charge in [-0.3, -0.25) is 0 Å². The number of rotatable bonds is 1. The van der Waals surface area contributed by atoms with Gasteiger partial charge in [0.1, 0.15) is 0 Å². The van der Waals surface area contributed by atoms with E-state index >= 15 is 0 Å². The first kappa shape index (κ1) is 7.60. The minimum absolute atomic E-state index is 0.482. The lowest BCUT2D eigenvalue weighted by Crippen LogP contribution is -1.79. The van der Waals surface area contributed by atoms with Gasteiger partial charge in [0.05, 0.1) is 0 Å². The Bertz CT molecular complexity index is 304. The van der Waals surface area contributed by atoms with Crippen molar-refractivity contribution in [1.29, 1.82) is 0 Å². The molecule has 0 heterocycles. The Morgan fingerprint density at radius 1 is 1.17 bits per heavy atom. The molecule has 0 atom stereocenters. The second-order valence-electron chi connectivity index (χ2n) is 4.14. The normalized spacial score (nSPS) is 22.7. The molecule has 0 aliphatic heterocycles. The molecule has 0 bridgehead atoms. The van der Waals surface area contributed by atoms with Crippen molar-refractivity contribution in [3.63, 3.8) is 0 Å². The molecule has 0 amide bonds. The van der Waals surface area contributed by atoms with E-state index in [1.165, 1.54) is 12.0 Å². The van der Waals surface area contributed by atoms with Gasteiger partial charge in [0.2, 0.25) is 0 Å².